The molecule has 2 heterocycles. The number of carbonyl (C=O) groups excluding carboxylic acids is 1. The zero-order valence-electron chi connectivity index (χ0n) is 15.5. The molecule has 1 aliphatic rings. The summed E-state index contributed by atoms with van der Waals surface area (Å²) in [5.74, 6) is -8.76. The van der Waals surface area contributed by atoms with E-state index in [1.165, 1.54) is 0 Å². The molecule has 0 bridgehead atoms. The Morgan fingerprint density at radius 3 is 2.37 bits per heavy atom. The third-order valence-electron chi connectivity index (χ3n) is 4.33. The quantitative estimate of drug-likeness (QED) is 0.536. The van der Waals surface area contributed by atoms with E-state index in [1.807, 2.05) is 5.32 Å². The second kappa shape index (κ2) is 7.19. The van der Waals surface area contributed by atoms with Crippen LogP contribution in [0.5, 0.6) is 0 Å². The number of anilines is 1. The Bertz CT molecular complexity index is 1170. The normalized spacial score (nSPS) is 20.6. The minimum absolute atomic E-state index is 0.357. The summed E-state index contributed by atoms with van der Waals surface area (Å²) in [5, 5.41) is 1.94. The molecular weight excluding hydrogens is 432 g/mol. The van der Waals surface area contributed by atoms with Crippen molar-refractivity contribution in [2.45, 2.75) is 12.5 Å². The average Bonchev–Trinajstić information content (AvgIpc) is 2.64. The molecule has 1 aromatic carbocycles. The number of nitrogens with two attached hydrogens (primary N) is 1. The number of guanidine groups is 1. The number of nitrogens with zero attached hydrogens (tertiary/aromatic N) is 4. The summed E-state index contributed by atoms with van der Waals surface area (Å²) < 4.78 is 81.9. The van der Waals surface area contributed by atoms with Gasteiger partial charge < -0.3 is 11.1 Å². The summed E-state index contributed by atoms with van der Waals surface area (Å²) in [6, 6.07) is 0.357. The maximum absolute atomic E-state index is 15.1. The summed E-state index contributed by atoms with van der Waals surface area (Å²) >= 11 is 0. The number of rotatable bonds is 3. The molecule has 3 N–H and O–H groups in total. The van der Waals surface area contributed by atoms with Crippen LogP contribution in [0.4, 0.5) is 23.2 Å². The van der Waals surface area contributed by atoms with Gasteiger partial charge in [0.25, 0.3) is 5.91 Å². The summed E-state index contributed by atoms with van der Waals surface area (Å²) in [6.45, 7) is 1.06. The van der Waals surface area contributed by atoms with Crippen molar-refractivity contribution < 1.29 is 30.8 Å². The van der Waals surface area contributed by atoms with Gasteiger partial charge in [0.05, 0.1) is 29.4 Å². The van der Waals surface area contributed by atoms with Crippen LogP contribution in [0.1, 0.15) is 23.1 Å². The van der Waals surface area contributed by atoms with Crippen molar-refractivity contribution in [1.29, 1.82) is 0 Å². The first-order valence-corrected chi connectivity index (χ1v) is 9.75. The highest BCUT2D eigenvalue weighted by molar-refractivity contribution is 7.89. The van der Waals surface area contributed by atoms with Crippen LogP contribution < -0.4 is 11.1 Å². The minimum Gasteiger partial charge on any atom is -0.369 e. The molecule has 3 rings (SSSR count). The molecule has 14 heteroatoms. The number of halogens is 4. The molecule has 0 saturated carbocycles. The van der Waals surface area contributed by atoms with E-state index in [0.717, 1.165) is 14.0 Å². The maximum atomic E-state index is 15.1. The summed E-state index contributed by atoms with van der Waals surface area (Å²) in [4.78, 5) is 22.8. The Kier molecular flexibility index (Phi) is 5.14. The minimum atomic E-state index is -4.12. The molecule has 9 nitrogen and oxygen atoms in total. The number of sulfonamides is 1. The van der Waals surface area contributed by atoms with Crippen LogP contribution in [0, 0.1) is 23.3 Å². The number of nitrogens with one attached hydrogen (secondary N) is 1. The van der Waals surface area contributed by atoms with E-state index in [0.29, 0.717) is 22.8 Å². The van der Waals surface area contributed by atoms with Gasteiger partial charge in [0.15, 0.2) is 23.3 Å². The lowest BCUT2D eigenvalue weighted by Gasteiger charge is -2.35. The van der Waals surface area contributed by atoms with Gasteiger partial charge in [-0.25, -0.2) is 45.2 Å². The molecule has 0 fully saturated rings. The van der Waals surface area contributed by atoms with Crippen LogP contribution in [-0.4, -0.2) is 47.4 Å². The second-order valence-electron chi connectivity index (χ2n) is 6.56. The van der Waals surface area contributed by atoms with Crippen LogP contribution in [0.15, 0.2) is 23.5 Å². The molecule has 2 aromatic rings. The predicted molar refractivity (Wildman–Crippen MR) is 96.8 cm³/mol. The lowest BCUT2D eigenvalue weighted by atomic mass is 9.92. The van der Waals surface area contributed by atoms with Crippen molar-refractivity contribution in [1.82, 2.24) is 14.3 Å². The number of hydrogen-bond acceptors (Lipinski definition) is 7. The van der Waals surface area contributed by atoms with Crippen LogP contribution >= 0.6 is 0 Å². The number of aromatic nitrogens is 2. The van der Waals surface area contributed by atoms with E-state index in [4.69, 9.17) is 5.73 Å². The number of amides is 1. The van der Waals surface area contributed by atoms with Crippen LogP contribution in [-0.2, 0) is 15.6 Å². The fraction of sp³-hybridized carbons (Fsp3) is 0.250. The topological polar surface area (TPSA) is 131 Å². The Morgan fingerprint density at radius 2 is 1.80 bits per heavy atom. The Hall–Kier alpha value is -3.29. The fourth-order valence-corrected chi connectivity index (χ4v) is 4.29. The number of hydrogen-bond donors (Lipinski definition) is 2. The summed E-state index contributed by atoms with van der Waals surface area (Å²) in [5.41, 5.74) is 1.56. The van der Waals surface area contributed by atoms with Gasteiger partial charge >= 0.3 is 0 Å². The Morgan fingerprint density at radius 1 is 1.20 bits per heavy atom. The van der Waals surface area contributed by atoms with E-state index < -0.39 is 73.5 Å². The lowest BCUT2D eigenvalue weighted by molar-refractivity contribution is 0.101. The largest absolute Gasteiger partial charge is 0.369 e. The van der Waals surface area contributed by atoms with Crippen molar-refractivity contribution in [2.24, 2.45) is 10.7 Å². The molecule has 0 radical (unpaired) electrons. The van der Waals surface area contributed by atoms with E-state index >= 15 is 4.39 Å². The van der Waals surface area contributed by atoms with E-state index in [9.17, 15) is 26.4 Å². The SMILES string of the molecule is CN1C(N)=N[C@](C)(c2c(F)c(F)cc(NC(=O)c3ncc(F)cn3)c2F)CS1(=O)=O. The first-order valence-electron chi connectivity index (χ1n) is 8.14. The molecule has 0 unspecified atom stereocenters. The molecule has 160 valence electrons. The van der Waals surface area contributed by atoms with Crippen LogP contribution in [0.25, 0.3) is 0 Å². The molecule has 0 saturated heterocycles. The highest BCUT2D eigenvalue weighted by Crippen LogP contribution is 2.38. The highest BCUT2D eigenvalue weighted by Gasteiger charge is 2.44. The molecule has 1 aromatic heterocycles. The fourth-order valence-electron chi connectivity index (χ4n) is 2.85. The van der Waals surface area contributed by atoms with Gasteiger partial charge in [-0.05, 0) is 6.92 Å². The standard InChI is InChI=1S/C16H14F4N6O3S/c1-16(6-30(28,29)26(2)15(21)25-16)10-11(19)8(18)3-9(12(10)20)24-14(27)13-22-4-7(17)5-23-13/h3-5H,6H2,1-2H3,(H2,21,25)(H,24,27)/t16-/m0/s1. The predicted octanol–water partition coefficient (Wildman–Crippen LogP) is 1.09. The van der Waals surface area contributed by atoms with Crippen molar-refractivity contribution in [2.75, 3.05) is 18.1 Å². The first-order chi connectivity index (χ1) is 13.9. The zero-order valence-corrected chi connectivity index (χ0v) is 16.3. The molecule has 1 aliphatic heterocycles. The van der Waals surface area contributed by atoms with Gasteiger partial charge in [0, 0.05) is 13.1 Å². The van der Waals surface area contributed by atoms with Gasteiger partial charge in [0.2, 0.25) is 21.8 Å². The van der Waals surface area contributed by atoms with Crippen molar-refractivity contribution in [3.8, 4) is 0 Å². The smallest absolute Gasteiger partial charge is 0.293 e. The number of benzene rings is 1. The first kappa shape index (κ1) is 21.4. The molecule has 1 amide bonds. The molecule has 1 atom stereocenters. The van der Waals surface area contributed by atoms with Gasteiger partial charge in [-0.3, -0.25) is 4.79 Å². The second-order valence-corrected chi connectivity index (χ2v) is 8.56. The van der Waals surface area contributed by atoms with Gasteiger partial charge in [-0.2, -0.15) is 0 Å². The average molecular weight is 446 g/mol. The molecule has 30 heavy (non-hydrogen) atoms. The van der Waals surface area contributed by atoms with Crippen LogP contribution in [0.2, 0.25) is 0 Å². The molecule has 0 spiro atoms. The summed E-state index contributed by atoms with van der Waals surface area (Å²) in [6.07, 6.45) is 1.35. The van der Waals surface area contributed by atoms with E-state index in [2.05, 4.69) is 15.0 Å². The van der Waals surface area contributed by atoms with E-state index in [1.54, 1.807) is 0 Å². The highest BCUT2D eigenvalue weighted by atomic mass is 32.2. The third kappa shape index (κ3) is 3.65. The zero-order chi connectivity index (χ0) is 22.4. The number of aliphatic imine (C=N–C) groups is 1. The molecular formula is C16H14F4N6O3S. The van der Waals surface area contributed by atoms with Gasteiger partial charge in [0.1, 0.15) is 5.54 Å². The van der Waals surface area contributed by atoms with Gasteiger partial charge in [-0.1, -0.05) is 0 Å². The third-order valence-corrected chi connectivity index (χ3v) is 6.28. The van der Waals surface area contributed by atoms with Crippen molar-refractivity contribution in [3.63, 3.8) is 0 Å². The van der Waals surface area contributed by atoms with E-state index in [-0.39, 0.29) is 0 Å². The Balaban J connectivity index is 2.10. The van der Waals surface area contributed by atoms with Crippen LogP contribution in [0.3, 0.4) is 0 Å². The number of carbonyl (C=O) groups is 1. The molecule has 0 aliphatic carbocycles. The van der Waals surface area contributed by atoms with Gasteiger partial charge in [-0.15, -0.1) is 0 Å². The summed E-state index contributed by atoms with van der Waals surface area (Å²) in [7, 11) is -3.02. The lowest BCUT2D eigenvalue weighted by Crippen LogP contribution is -2.50. The Labute approximate surface area is 167 Å². The maximum Gasteiger partial charge on any atom is 0.293 e. The van der Waals surface area contributed by atoms with Crippen molar-refractivity contribution >= 4 is 27.6 Å². The monoisotopic (exact) mass is 446 g/mol. The van der Waals surface area contributed by atoms with Crippen molar-refractivity contribution in [3.05, 3.63) is 53.1 Å².